The van der Waals surface area contributed by atoms with Crippen molar-refractivity contribution in [3.63, 3.8) is 0 Å². The van der Waals surface area contributed by atoms with Gasteiger partial charge in [-0.15, -0.1) is 0 Å². The van der Waals surface area contributed by atoms with Crippen molar-refractivity contribution in [3.05, 3.63) is 41.6 Å². The fourth-order valence-corrected chi connectivity index (χ4v) is 2.26. The molecule has 2 amide bonds. The van der Waals surface area contributed by atoms with Gasteiger partial charge >= 0.3 is 5.97 Å². The summed E-state index contributed by atoms with van der Waals surface area (Å²) in [6.07, 6.45) is 3.67. The van der Waals surface area contributed by atoms with E-state index in [0.29, 0.717) is 12.2 Å². The Hall–Kier alpha value is -2.28. The Morgan fingerprint density at radius 3 is 2.43 bits per heavy atom. The minimum Gasteiger partial charge on any atom is -0.480 e. The van der Waals surface area contributed by atoms with Gasteiger partial charge in [0.15, 0.2) is 0 Å². The Kier molecular flexibility index (Phi) is 7.90. The maximum atomic E-state index is 12.3. The normalized spacial score (nSPS) is 12.3. The van der Waals surface area contributed by atoms with E-state index in [4.69, 9.17) is 0 Å². The summed E-state index contributed by atoms with van der Waals surface area (Å²) in [5.41, 5.74) is 0.737. The summed E-state index contributed by atoms with van der Waals surface area (Å²) < 4.78 is 0. The van der Waals surface area contributed by atoms with Gasteiger partial charge in [0.05, 0.1) is 0 Å². The topological polar surface area (TPSA) is 95.5 Å². The Bertz CT molecular complexity index is 587. The van der Waals surface area contributed by atoms with Crippen LogP contribution in [0.5, 0.6) is 0 Å². The van der Waals surface area contributed by atoms with Gasteiger partial charge < -0.3 is 15.7 Å². The number of rotatable bonds is 8. The Labute approximate surface area is 139 Å². The highest BCUT2D eigenvalue weighted by atomic mass is 32.2. The number of amides is 2. The van der Waals surface area contributed by atoms with Gasteiger partial charge in [0.1, 0.15) is 11.7 Å². The maximum Gasteiger partial charge on any atom is 0.326 e. The number of thioether (sulfide) groups is 1. The van der Waals surface area contributed by atoms with E-state index in [0.717, 1.165) is 5.56 Å². The summed E-state index contributed by atoms with van der Waals surface area (Å²) >= 11 is 1.50. The standard InChI is InChI=1S/C16H20N2O4S/c1-11(19)17-14(10-12-6-4-3-5-7-12)15(20)18-13(16(21)22)8-9-23-2/h3-7,10,13H,8-9H2,1-2H3,(H,17,19)(H,18,20)(H,21,22). The quantitative estimate of drug-likeness (QED) is 0.625. The van der Waals surface area contributed by atoms with Crippen molar-refractivity contribution < 1.29 is 19.5 Å². The molecule has 0 radical (unpaired) electrons. The van der Waals surface area contributed by atoms with E-state index in [1.807, 2.05) is 12.3 Å². The van der Waals surface area contributed by atoms with Crippen LogP contribution in [0.2, 0.25) is 0 Å². The molecule has 1 unspecified atom stereocenters. The average Bonchev–Trinajstić information content (AvgIpc) is 2.50. The second kappa shape index (κ2) is 9.68. The van der Waals surface area contributed by atoms with Gasteiger partial charge in [-0.05, 0) is 30.1 Å². The van der Waals surface area contributed by atoms with Gasteiger partial charge in [0, 0.05) is 6.92 Å². The van der Waals surface area contributed by atoms with E-state index >= 15 is 0 Å². The molecule has 1 rings (SSSR count). The van der Waals surface area contributed by atoms with Crippen LogP contribution in [-0.4, -0.2) is 40.9 Å². The van der Waals surface area contributed by atoms with Gasteiger partial charge in [-0.3, -0.25) is 9.59 Å². The average molecular weight is 336 g/mol. The molecule has 0 saturated carbocycles. The first-order valence-corrected chi connectivity index (χ1v) is 8.40. The molecule has 7 heteroatoms. The number of carbonyl (C=O) groups is 3. The first-order chi connectivity index (χ1) is 10.9. The molecule has 0 aliphatic heterocycles. The largest absolute Gasteiger partial charge is 0.480 e. The zero-order chi connectivity index (χ0) is 17.2. The fourth-order valence-electron chi connectivity index (χ4n) is 1.79. The van der Waals surface area contributed by atoms with Crippen molar-refractivity contribution in [1.82, 2.24) is 10.6 Å². The molecule has 1 atom stereocenters. The van der Waals surface area contributed by atoms with Crippen LogP contribution in [0.3, 0.4) is 0 Å². The number of hydrogen-bond acceptors (Lipinski definition) is 4. The molecule has 0 spiro atoms. The molecule has 3 N–H and O–H groups in total. The zero-order valence-corrected chi connectivity index (χ0v) is 13.9. The van der Waals surface area contributed by atoms with E-state index in [1.54, 1.807) is 24.3 Å². The molecule has 6 nitrogen and oxygen atoms in total. The number of carbonyl (C=O) groups excluding carboxylic acids is 2. The van der Waals surface area contributed by atoms with Crippen molar-refractivity contribution in [3.8, 4) is 0 Å². The molecule has 0 fully saturated rings. The van der Waals surface area contributed by atoms with Gasteiger partial charge in [-0.1, -0.05) is 30.3 Å². The summed E-state index contributed by atoms with van der Waals surface area (Å²) in [4.78, 5) is 34.8. The van der Waals surface area contributed by atoms with E-state index in [9.17, 15) is 19.5 Å². The minimum atomic E-state index is -1.10. The van der Waals surface area contributed by atoms with E-state index < -0.39 is 23.8 Å². The van der Waals surface area contributed by atoms with E-state index in [2.05, 4.69) is 10.6 Å². The third-order valence-electron chi connectivity index (χ3n) is 2.88. The number of nitrogens with one attached hydrogen (secondary N) is 2. The monoisotopic (exact) mass is 336 g/mol. The van der Waals surface area contributed by atoms with Crippen molar-refractivity contribution in [1.29, 1.82) is 0 Å². The molecule has 1 aromatic carbocycles. The van der Waals surface area contributed by atoms with Crippen LogP contribution in [0.25, 0.3) is 6.08 Å². The summed E-state index contributed by atoms with van der Waals surface area (Å²) in [6.45, 7) is 1.29. The van der Waals surface area contributed by atoms with E-state index in [1.165, 1.54) is 24.8 Å². The lowest BCUT2D eigenvalue weighted by Crippen LogP contribution is -2.44. The number of benzene rings is 1. The van der Waals surface area contributed by atoms with Crippen LogP contribution in [0, 0.1) is 0 Å². The maximum absolute atomic E-state index is 12.3. The van der Waals surface area contributed by atoms with Crippen molar-refractivity contribution in [2.45, 2.75) is 19.4 Å². The van der Waals surface area contributed by atoms with Crippen LogP contribution in [-0.2, 0) is 14.4 Å². The van der Waals surface area contributed by atoms with Gasteiger partial charge in [0.2, 0.25) is 5.91 Å². The molecular weight excluding hydrogens is 316 g/mol. The number of carboxylic acid groups (broad SMARTS) is 1. The molecule has 0 aromatic heterocycles. The summed E-state index contributed by atoms with van der Waals surface area (Å²) in [5, 5.41) is 14.1. The number of carboxylic acids is 1. The lowest BCUT2D eigenvalue weighted by Gasteiger charge is -2.15. The Balaban J connectivity index is 2.93. The highest BCUT2D eigenvalue weighted by Crippen LogP contribution is 2.07. The first kappa shape index (κ1) is 18.8. The van der Waals surface area contributed by atoms with Crippen molar-refractivity contribution >= 4 is 35.6 Å². The van der Waals surface area contributed by atoms with Crippen LogP contribution in [0.4, 0.5) is 0 Å². The fraction of sp³-hybridized carbons (Fsp3) is 0.312. The van der Waals surface area contributed by atoms with Gasteiger partial charge in [-0.25, -0.2) is 4.79 Å². The molecule has 0 aliphatic carbocycles. The summed E-state index contributed by atoms with van der Waals surface area (Å²) in [7, 11) is 0. The Morgan fingerprint density at radius 2 is 1.91 bits per heavy atom. The lowest BCUT2D eigenvalue weighted by molar-refractivity contribution is -0.141. The van der Waals surface area contributed by atoms with Crippen molar-refractivity contribution in [2.75, 3.05) is 12.0 Å². The van der Waals surface area contributed by atoms with Crippen molar-refractivity contribution in [2.24, 2.45) is 0 Å². The molecule has 124 valence electrons. The second-order valence-electron chi connectivity index (χ2n) is 4.80. The predicted molar refractivity (Wildman–Crippen MR) is 90.8 cm³/mol. The predicted octanol–water partition coefficient (Wildman–Crippen LogP) is 1.49. The highest BCUT2D eigenvalue weighted by Gasteiger charge is 2.21. The van der Waals surface area contributed by atoms with Crippen LogP contribution in [0.15, 0.2) is 36.0 Å². The number of aliphatic carboxylic acids is 1. The molecule has 0 heterocycles. The van der Waals surface area contributed by atoms with Gasteiger partial charge in [0.25, 0.3) is 5.91 Å². The minimum absolute atomic E-state index is 0.0131. The molecule has 23 heavy (non-hydrogen) atoms. The molecule has 0 bridgehead atoms. The SMILES string of the molecule is CSCCC(NC(=O)C(=Cc1ccccc1)NC(C)=O)C(=O)O. The highest BCUT2D eigenvalue weighted by molar-refractivity contribution is 7.98. The first-order valence-electron chi connectivity index (χ1n) is 7.01. The van der Waals surface area contributed by atoms with Crippen LogP contribution >= 0.6 is 11.8 Å². The molecular formula is C16H20N2O4S. The number of hydrogen-bond donors (Lipinski definition) is 3. The zero-order valence-electron chi connectivity index (χ0n) is 13.0. The van der Waals surface area contributed by atoms with Gasteiger partial charge in [-0.2, -0.15) is 11.8 Å². The molecule has 0 aliphatic rings. The van der Waals surface area contributed by atoms with Crippen LogP contribution in [0.1, 0.15) is 18.9 Å². The second-order valence-corrected chi connectivity index (χ2v) is 5.78. The Morgan fingerprint density at radius 1 is 1.26 bits per heavy atom. The smallest absolute Gasteiger partial charge is 0.326 e. The molecule has 0 saturated heterocycles. The van der Waals surface area contributed by atoms with E-state index in [-0.39, 0.29) is 5.70 Å². The third kappa shape index (κ3) is 7.01. The van der Waals surface area contributed by atoms with Crippen LogP contribution < -0.4 is 10.6 Å². The lowest BCUT2D eigenvalue weighted by atomic mass is 10.1. The third-order valence-corrected chi connectivity index (χ3v) is 3.52. The summed E-state index contributed by atoms with van der Waals surface area (Å²) in [5.74, 6) is -1.53. The molecule has 1 aromatic rings. The summed E-state index contributed by atoms with van der Waals surface area (Å²) in [6, 6.07) is 7.98.